The predicted octanol–water partition coefficient (Wildman–Crippen LogP) is 5.58. The Hall–Kier alpha value is -3.58. The topological polar surface area (TPSA) is 58.1 Å². The molecule has 1 fully saturated rings. The molecule has 0 bridgehead atoms. The van der Waals surface area contributed by atoms with Gasteiger partial charge in [-0.25, -0.2) is 9.37 Å². The molecule has 2 atom stereocenters. The molecule has 0 aliphatic carbocycles. The van der Waals surface area contributed by atoms with Gasteiger partial charge >= 0.3 is 0 Å². The summed E-state index contributed by atoms with van der Waals surface area (Å²) >= 11 is 1.36. The molecule has 1 aliphatic rings. The first-order valence-electron chi connectivity index (χ1n) is 12.4. The lowest BCUT2D eigenvalue weighted by molar-refractivity contribution is -0.126. The van der Waals surface area contributed by atoms with Crippen LogP contribution in [0, 0.1) is 11.7 Å². The summed E-state index contributed by atoms with van der Waals surface area (Å²) in [5.74, 6) is 0.451. The van der Waals surface area contributed by atoms with E-state index in [1.54, 1.807) is 12.1 Å². The highest BCUT2D eigenvalue weighted by Gasteiger charge is 2.29. The Balaban J connectivity index is 1.24. The fourth-order valence-electron chi connectivity index (χ4n) is 4.67. The Kier molecular flexibility index (Phi) is 7.67. The maximum absolute atomic E-state index is 13.4. The van der Waals surface area contributed by atoms with Gasteiger partial charge in [-0.3, -0.25) is 4.79 Å². The van der Waals surface area contributed by atoms with E-state index in [0.717, 1.165) is 47.9 Å². The summed E-state index contributed by atoms with van der Waals surface area (Å²) in [4.78, 5) is 20.3. The van der Waals surface area contributed by atoms with Gasteiger partial charge in [0.15, 0.2) is 0 Å². The summed E-state index contributed by atoms with van der Waals surface area (Å²) in [6.45, 7) is 1.49. The number of carbonyl (C=O) groups is 1. The van der Waals surface area contributed by atoms with Gasteiger partial charge in [-0.1, -0.05) is 72.8 Å². The molecular weight excluding hydrogens is 471 g/mol. The van der Waals surface area contributed by atoms with Gasteiger partial charge in [0.05, 0.1) is 12.0 Å². The fraction of sp³-hybridized carbons (Fsp3) is 0.276. The zero-order valence-electron chi connectivity index (χ0n) is 20.0. The van der Waals surface area contributed by atoms with Crippen molar-refractivity contribution in [3.05, 3.63) is 113 Å². The van der Waals surface area contributed by atoms with Crippen molar-refractivity contribution in [1.29, 1.82) is 0 Å². The third kappa shape index (κ3) is 6.15. The monoisotopic (exact) mass is 500 g/mol. The van der Waals surface area contributed by atoms with Gasteiger partial charge in [-0.2, -0.15) is 4.37 Å². The van der Waals surface area contributed by atoms with Crippen molar-refractivity contribution < 1.29 is 9.18 Å². The lowest BCUT2D eigenvalue weighted by Gasteiger charge is -2.32. The molecule has 0 radical (unpaired) electrons. The van der Waals surface area contributed by atoms with E-state index in [4.69, 9.17) is 4.98 Å². The molecule has 7 heteroatoms. The van der Waals surface area contributed by atoms with Crippen molar-refractivity contribution >= 4 is 22.6 Å². The second-order valence-corrected chi connectivity index (χ2v) is 9.97. The minimum Gasteiger partial charge on any atom is -0.349 e. The van der Waals surface area contributed by atoms with Crippen LogP contribution in [0.1, 0.15) is 41.4 Å². The Morgan fingerprint density at radius 3 is 2.47 bits per heavy atom. The zero-order chi connectivity index (χ0) is 24.7. The molecule has 4 aromatic rings. The zero-order valence-corrected chi connectivity index (χ0v) is 20.8. The lowest BCUT2D eigenvalue weighted by Crippen LogP contribution is -2.44. The Morgan fingerprint density at radius 1 is 1.00 bits per heavy atom. The average molecular weight is 501 g/mol. The molecule has 5 nitrogen and oxygen atoms in total. The van der Waals surface area contributed by atoms with Crippen LogP contribution in [0.15, 0.2) is 84.9 Å². The number of piperidine rings is 1. The number of amides is 1. The van der Waals surface area contributed by atoms with E-state index in [1.165, 1.54) is 29.2 Å². The van der Waals surface area contributed by atoms with Crippen molar-refractivity contribution in [2.75, 3.05) is 18.0 Å². The highest BCUT2D eigenvalue weighted by Crippen LogP contribution is 2.27. The van der Waals surface area contributed by atoms with Crippen molar-refractivity contribution in [3.8, 4) is 0 Å². The van der Waals surface area contributed by atoms with Crippen molar-refractivity contribution in [3.63, 3.8) is 0 Å². The molecule has 1 aliphatic heterocycles. The smallest absolute Gasteiger partial charge is 0.225 e. The Bertz CT molecular complexity index is 1260. The number of nitrogens with one attached hydrogen (secondary N) is 1. The number of carbonyl (C=O) groups excluding carboxylic acids is 1. The average Bonchev–Trinajstić information content (AvgIpc) is 3.39. The van der Waals surface area contributed by atoms with E-state index in [1.807, 2.05) is 36.4 Å². The summed E-state index contributed by atoms with van der Waals surface area (Å²) in [5.41, 5.74) is 3.28. The highest BCUT2D eigenvalue weighted by atomic mass is 32.1. The Morgan fingerprint density at radius 2 is 1.72 bits per heavy atom. The van der Waals surface area contributed by atoms with Crippen LogP contribution in [0.25, 0.3) is 0 Å². The quantitative estimate of drug-likeness (QED) is 0.343. The molecule has 0 saturated carbocycles. The van der Waals surface area contributed by atoms with Crippen LogP contribution in [0.5, 0.6) is 0 Å². The number of nitrogens with zero attached hydrogens (tertiary/aromatic N) is 3. The van der Waals surface area contributed by atoms with Gasteiger partial charge in [0, 0.05) is 31.0 Å². The SMILES string of the molecule is O=C(NC(Cc1ccccc1)c1ccccc1)C1CCCN(c2nc(Cc3ccc(F)cc3)ns2)C1. The summed E-state index contributed by atoms with van der Waals surface area (Å²) in [5, 5.41) is 4.18. The minimum atomic E-state index is -0.249. The van der Waals surface area contributed by atoms with E-state index in [-0.39, 0.29) is 23.7 Å². The van der Waals surface area contributed by atoms with Gasteiger partial charge in [-0.15, -0.1) is 0 Å². The second-order valence-electron chi connectivity index (χ2n) is 9.24. The van der Waals surface area contributed by atoms with Crippen LogP contribution in [0.3, 0.4) is 0 Å². The second kappa shape index (κ2) is 11.4. The van der Waals surface area contributed by atoms with Gasteiger partial charge in [-0.05, 0) is 48.1 Å². The van der Waals surface area contributed by atoms with Crippen molar-refractivity contribution in [2.24, 2.45) is 5.92 Å². The number of rotatable bonds is 8. The van der Waals surface area contributed by atoms with Crippen molar-refractivity contribution in [2.45, 2.75) is 31.7 Å². The molecule has 36 heavy (non-hydrogen) atoms. The molecule has 0 spiro atoms. The van der Waals surface area contributed by atoms with Crippen LogP contribution in [-0.4, -0.2) is 28.4 Å². The number of benzene rings is 3. The largest absolute Gasteiger partial charge is 0.349 e. The first kappa shape index (κ1) is 24.1. The van der Waals surface area contributed by atoms with Crippen molar-refractivity contribution in [1.82, 2.24) is 14.7 Å². The maximum Gasteiger partial charge on any atom is 0.225 e. The molecule has 1 N–H and O–H groups in total. The number of aromatic nitrogens is 2. The third-order valence-electron chi connectivity index (χ3n) is 6.60. The molecule has 1 aromatic heterocycles. The fourth-order valence-corrected chi connectivity index (χ4v) is 5.39. The van der Waals surface area contributed by atoms with Crippen LogP contribution in [-0.2, 0) is 17.6 Å². The van der Waals surface area contributed by atoms with Crippen LogP contribution in [0.2, 0.25) is 0 Å². The van der Waals surface area contributed by atoms with Gasteiger partial charge in [0.25, 0.3) is 0 Å². The molecule has 5 rings (SSSR count). The first-order chi connectivity index (χ1) is 17.6. The lowest BCUT2D eigenvalue weighted by atomic mass is 9.94. The van der Waals surface area contributed by atoms with Crippen LogP contribution in [0.4, 0.5) is 9.52 Å². The van der Waals surface area contributed by atoms with Gasteiger partial charge < -0.3 is 10.2 Å². The summed E-state index contributed by atoms with van der Waals surface area (Å²) in [6, 6.07) is 26.8. The summed E-state index contributed by atoms with van der Waals surface area (Å²) in [7, 11) is 0. The first-order valence-corrected chi connectivity index (χ1v) is 13.1. The molecule has 1 amide bonds. The standard InChI is InChI=1S/C29H29FN4OS/c30-25-15-13-22(14-16-25)19-27-32-29(36-33-27)34-17-7-12-24(20-34)28(35)31-26(23-10-5-2-6-11-23)18-21-8-3-1-4-9-21/h1-6,8-11,13-16,24,26H,7,12,17-20H2,(H,31,35). The molecule has 2 unspecified atom stereocenters. The molecule has 2 heterocycles. The van der Waals surface area contributed by atoms with E-state index >= 15 is 0 Å². The van der Waals surface area contributed by atoms with Crippen LogP contribution >= 0.6 is 11.5 Å². The molecular formula is C29H29FN4OS. The number of anilines is 1. The minimum absolute atomic E-state index is 0.0830. The van der Waals surface area contributed by atoms with Crippen LogP contribution < -0.4 is 10.2 Å². The van der Waals surface area contributed by atoms with E-state index < -0.39 is 0 Å². The predicted molar refractivity (Wildman–Crippen MR) is 142 cm³/mol. The van der Waals surface area contributed by atoms with E-state index in [0.29, 0.717) is 13.0 Å². The Labute approximate surface area is 215 Å². The maximum atomic E-state index is 13.4. The van der Waals surface area contributed by atoms with E-state index in [2.05, 4.69) is 38.9 Å². The number of hydrogen-bond acceptors (Lipinski definition) is 5. The third-order valence-corrected chi connectivity index (χ3v) is 7.41. The van der Waals surface area contributed by atoms with E-state index in [9.17, 15) is 9.18 Å². The molecule has 184 valence electrons. The highest BCUT2D eigenvalue weighted by molar-refractivity contribution is 7.09. The summed E-state index contributed by atoms with van der Waals surface area (Å²) in [6.07, 6.45) is 3.10. The molecule has 3 aromatic carbocycles. The number of halogens is 1. The normalized spacial score (nSPS) is 16.5. The number of hydrogen-bond donors (Lipinski definition) is 1. The summed E-state index contributed by atoms with van der Waals surface area (Å²) < 4.78 is 17.7. The van der Waals surface area contributed by atoms with Gasteiger partial charge in [0.1, 0.15) is 11.6 Å². The van der Waals surface area contributed by atoms with Gasteiger partial charge in [0.2, 0.25) is 11.0 Å². The molecule has 1 saturated heterocycles.